The second kappa shape index (κ2) is 5.08. The van der Waals surface area contributed by atoms with Gasteiger partial charge in [0.05, 0.1) is 0 Å². The summed E-state index contributed by atoms with van der Waals surface area (Å²) in [6.45, 7) is 4.99. The van der Waals surface area contributed by atoms with E-state index in [9.17, 15) is 13.5 Å². The molecule has 3 nitrogen and oxygen atoms in total. The molecule has 2 unspecified atom stereocenters. The van der Waals surface area contributed by atoms with E-state index in [-0.39, 0.29) is 5.75 Å². The number of halogens is 1. The maximum absolute atomic E-state index is 11.9. The van der Waals surface area contributed by atoms with E-state index in [1.807, 2.05) is 19.1 Å². The average Bonchev–Trinajstić information content (AvgIpc) is 2.28. The molecule has 0 bridgehead atoms. The zero-order valence-corrected chi connectivity index (χ0v) is 12.5. The van der Waals surface area contributed by atoms with Gasteiger partial charge in [0, 0.05) is 5.75 Å². The first-order valence-corrected chi connectivity index (χ1v) is 7.82. The molecule has 17 heavy (non-hydrogen) atoms. The number of hydrogen-bond acceptors (Lipinski definition) is 3. The molecule has 0 radical (unpaired) electrons. The van der Waals surface area contributed by atoms with Gasteiger partial charge < -0.3 is 5.11 Å². The highest BCUT2D eigenvalue weighted by molar-refractivity contribution is 9.11. The molecule has 5 heteroatoms. The molecule has 0 aliphatic carbocycles. The molecule has 96 valence electrons. The fourth-order valence-corrected chi connectivity index (χ4v) is 3.49. The van der Waals surface area contributed by atoms with Crippen LogP contribution in [0.4, 0.5) is 0 Å². The lowest BCUT2D eigenvalue weighted by atomic mass is 10.1. The number of aliphatic hydroxyl groups is 1. The van der Waals surface area contributed by atoms with Crippen LogP contribution in [0, 0.1) is 6.92 Å². The van der Waals surface area contributed by atoms with E-state index in [0.717, 1.165) is 5.56 Å². The molecule has 0 fully saturated rings. The van der Waals surface area contributed by atoms with Gasteiger partial charge in [0.25, 0.3) is 0 Å². The number of benzene rings is 1. The van der Waals surface area contributed by atoms with Gasteiger partial charge in [-0.25, -0.2) is 8.42 Å². The van der Waals surface area contributed by atoms with E-state index in [1.165, 1.54) is 6.92 Å². The van der Waals surface area contributed by atoms with Gasteiger partial charge in [-0.05, 0) is 19.4 Å². The van der Waals surface area contributed by atoms with Crippen molar-refractivity contribution in [3.63, 3.8) is 0 Å². The second-order valence-electron chi connectivity index (χ2n) is 4.20. The summed E-state index contributed by atoms with van der Waals surface area (Å²) in [7, 11) is -3.39. The molecule has 1 N–H and O–H groups in total. The lowest BCUT2D eigenvalue weighted by Crippen LogP contribution is -2.36. The minimum atomic E-state index is -3.39. The Morgan fingerprint density at radius 1 is 1.35 bits per heavy atom. The molecule has 0 amide bonds. The highest BCUT2D eigenvalue weighted by Gasteiger charge is 2.42. The smallest absolute Gasteiger partial charge is 0.168 e. The molecular formula is C12H17BrO3S. The van der Waals surface area contributed by atoms with Crippen LogP contribution in [0.5, 0.6) is 0 Å². The Morgan fingerprint density at radius 3 is 2.24 bits per heavy atom. The summed E-state index contributed by atoms with van der Waals surface area (Å²) in [6, 6.07) is 7.18. The van der Waals surface area contributed by atoms with Crippen molar-refractivity contribution >= 4 is 25.8 Å². The van der Waals surface area contributed by atoms with Gasteiger partial charge in [-0.2, -0.15) is 0 Å². The first kappa shape index (κ1) is 14.7. The summed E-state index contributed by atoms with van der Waals surface area (Å²) in [6.07, 6.45) is -1.09. The molecule has 1 rings (SSSR count). The van der Waals surface area contributed by atoms with Crippen molar-refractivity contribution in [1.29, 1.82) is 0 Å². The van der Waals surface area contributed by atoms with Crippen LogP contribution in [-0.2, 0) is 9.84 Å². The molecule has 0 saturated heterocycles. The van der Waals surface area contributed by atoms with Crippen molar-refractivity contribution in [2.24, 2.45) is 0 Å². The fourth-order valence-electron chi connectivity index (χ4n) is 1.50. The zero-order chi connectivity index (χ0) is 13.3. The molecule has 1 aromatic carbocycles. The summed E-state index contributed by atoms with van der Waals surface area (Å²) >= 11 is 3.15. The van der Waals surface area contributed by atoms with Crippen LogP contribution in [0.15, 0.2) is 24.3 Å². The Bertz CT molecular complexity index is 477. The average molecular weight is 321 g/mol. The van der Waals surface area contributed by atoms with Gasteiger partial charge in [-0.3, -0.25) is 0 Å². The van der Waals surface area contributed by atoms with E-state index in [1.54, 1.807) is 19.1 Å². The highest BCUT2D eigenvalue weighted by Crippen LogP contribution is 2.38. The summed E-state index contributed by atoms with van der Waals surface area (Å²) < 4.78 is 22.4. The normalized spacial score (nSPS) is 17.5. The van der Waals surface area contributed by atoms with Crippen LogP contribution in [0.1, 0.15) is 31.1 Å². The monoisotopic (exact) mass is 320 g/mol. The number of sulfone groups is 1. The lowest BCUT2D eigenvalue weighted by molar-refractivity contribution is 0.167. The largest absolute Gasteiger partial charge is 0.386 e. The SMILES string of the molecule is CCS(=O)(=O)C(C)(Br)C(O)c1ccc(C)cc1. The zero-order valence-electron chi connectivity index (χ0n) is 10.1. The predicted octanol–water partition coefficient (Wildman–Crippen LogP) is 2.57. The van der Waals surface area contributed by atoms with E-state index in [0.29, 0.717) is 5.56 Å². The third kappa shape index (κ3) is 2.89. The summed E-state index contributed by atoms with van der Waals surface area (Å²) in [5, 5.41) is 10.2. The molecule has 0 aromatic heterocycles. The molecule has 0 saturated carbocycles. The number of hydrogen-bond donors (Lipinski definition) is 1. The van der Waals surface area contributed by atoms with Crippen molar-refractivity contribution in [3.8, 4) is 0 Å². The predicted molar refractivity (Wildman–Crippen MR) is 72.9 cm³/mol. The minimum absolute atomic E-state index is 0.0162. The van der Waals surface area contributed by atoms with Gasteiger partial charge in [0.2, 0.25) is 0 Å². The van der Waals surface area contributed by atoms with Crippen molar-refractivity contribution in [2.75, 3.05) is 5.75 Å². The van der Waals surface area contributed by atoms with Gasteiger partial charge in [0.15, 0.2) is 13.5 Å². The number of alkyl halides is 1. The Kier molecular flexibility index (Phi) is 4.38. The molecule has 0 aliphatic heterocycles. The van der Waals surface area contributed by atoms with Crippen molar-refractivity contribution in [2.45, 2.75) is 30.5 Å². The Hall–Kier alpha value is -0.390. The van der Waals surface area contributed by atoms with E-state index in [4.69, 9.17) is 0 Å². The summed E-state index contributed by atoms with van der Waals surface area (Å²) in [5.74, 6) is -0.0162. The Morgan fingerprint density at radius 2 is 1.82 bits per heavy atom. The maximum atomic E-state index is 11.9. The van der Waals surface area contributed by atoms with Crippen molar-refractivity contribution in [3.05, 3.63) is 35.4 Å². The van der Waals surface area contributed by atoms with Gasteiger partial charge in [-0.1, -0.05) is 52.7 Å². The van der Waals surface area contributed by atoms with Crippen LogP contribution in [0.25, 0.3) is 0 Å². The molecule has 2 atom stereocenters. The quantitative estimate of drug-likeness (QED) is 0.867. The topological polar surface area (TPSA) is 54.4 Å². The van der Waals surface area contributed by atoms with E-state index >= 15 is 0 Å². The van der Waals surface area contributed by atoms with Gasteiger partial charge in [0.1, 0.15) is 6.10 Å². The van der Waals surface area contributed by atoms with Crippen LogP contribution in [0.2, 0.25) is 0 Å². The number of aliphatic hydroxyl groups excluding tert-OH is 1. The number of rotatable bonds is 4. The Balaban J connectivity index is 3.12. The lowest BCUT2D eigenvalue weighted by Gasteiger charge is -2.28. The summed E-state index contributed by atoms with van der Waals surface area (Å²) in [5.41, 5.74) is 1.66. The molecule has 1 aromatic rings. The molecule has 0 heterocycles. The molecule has 0 aliphatic rings. The van der Waals surface area contributed by atoms with Crippen LogP contribution in [0.3, 0.4) is 0 Å². The van der Waals surface area contributed by atoms with Crippen molar-refractivity contribution in [1.82, 2.24) is 0 Å². The number of aryl methyl sites for hydroxylation is 1. The van der Waals surface area contributed by atoms with E-state index in [2.05, 4.69) is 15.9 Å². The van der Waals surface area contributed by atoms with Crippen LogP contribution in [-0.4, -0.2) is 22.9 Å². The van der Waals surface area contributed by atoms with Crippen molar-refractivity contribution < 1.29 is 13.5 Å². The summed E-state index contributed by atoms with van der Waals surface area (Å²) in [4.78, 5) is 0. The first-order chi connectivity index (χ1) is 7.72. The van der Waals surface area contributed by atoms with Crippen LogP contribution < -0.4 is 0 Å². The molecular weight excluding hydrogens is 304 g/mol. The minimum Gasteiger partial charge on any atom is -0.386 e. The van der Waals surface area contributed by atoms with E-state index < -0.39 is 19.6 Å². The standard InChI is InChI=1S/C12H17BrO3S/c1-4-17(15,16)12(3,13)11(14)10-7-5-9(2)6-8-10/h5-8,11,14H,4H2,1-3H3. The van der Waals surface area contributed by atoms with Gasteiger partial charge >= 0.3 is 0 Å². The maximum Gasteiger partial charge on any atom is 0.168 e. The fraction of sp³-hybridized carbons (Fsp3) is 0.500. The van der Waals surface area contributed by atoms with Gasteiger partial charge in [-0.15, -0.1) is 0 Å². The van der Waals surface area contributed by atoms with Crippen LogP contribution >= 0.6 is 15.9 Å². The Labute approximate surface area is 111 Å². The highest BCUT2D eigenvalue weighted by atomic mass is 79.9. The third-order valence-corrected chi connectivity index (χ3v) is 6.98. The third-order valence-electron chi connectivity index (χ3n) is 2.87. The second-order valence-corrected chi connectivity index (χ2v) is 9.03. The molecule has 0 spiro atoms. The first-order valence-electron chi connectivity index (χ1n) is 5.38.